The van der Waals surface area contributed by atoms with Gasteiger partial charge in [0.25, 0.3) is 0 Å². The lowest BCUT2D eigenvalue weighted by atomic mass is 10.2. The average molecular weight is 240 g/mol. The Morgan fingerprint density at radius 2 is 2.29 bits per heavy atom. The summed E-state index contributed by atoms with van der Waals surface area (Å²) in [6, 6.07) is -0.794. The van der Waals surface area contributed by atoms with E-state index in [4.69, 9.17) is 5.11 Å². The van der Waals surface area contributed by atoms with E-state index in [0.717, 1.165) is 11.3 Å². The molecule has 0 aromatic carbocycles. The SMILES string of the molecule is Cc1[nH]ncc1CNC(=O)NC(C)CC(=O)O. The van der Waals surface area contributed by atoms with Gasteiger partial charge in [0.15, 0.2) is 0 Å². The Morgan fingerprint density at radius 1 is 1.59 bits per heavy atom. The maximum Gasteiger partial charge on any atom is 0.315 e. The molecular formula is C10H16N4O3. The number of amides is 2. The van der Waals surface area contributed by atoms with Crippen molar-refractivity contribution >= 4 is 12.0 Å². The summed E-state index contributed by atoms with van der Waals surface area (Å²) in [5.41, 5.74) is 1.79. The molecule has 0 aliphatic rings. The van der Waals surface area contributed by atoms with Crippen LogP contribution in [0, 0.1) is 6.92 Å². The second kappa shape index (κ2) is 5.88. The maximum absolute atomic E-state index is 11.4. The summed E-state index contributed by atoms with van der Waals surface area (Å²) in [4.78, 5) is 21.8. The van der Waals surface area contributed by atoms with E-state index in [9.17, 15) is 9.59 Å². The molecule has 0 saturated heterocycles. The summed E-state index contributed by atoms with van der Waals surface area (Å²) in [6.07, 6.45) is 1.54. The van der Waals surface area contributed by atoms with Gasteiger partial charge in [-0.1, -0.05) is 0 Å². The molecule has 0 bridgehead atoms. The lowest BCUT2D eigenvalue weighted by molar-refractivity contribution is -0.137. The van der Waals surface area contributed by atoms with Gasteiger partial charge < -0.3 is 15.7 Å². The zero-order chi connectivity index (χ0) is 12.8. The number of aromatic nitrogens is 2. The van der Waals surface area contributed by atoms with Gasteiger partial charge in [0.05, 0.1) is 12.6 Å². The number of carbonyl (C=O) groups excluding carboxylic acids is 1. The van der Waals surface area contributed by atoms with E-state index in [0.29, 0.717) is 6.54 Å². The summed E-state index contributed by atoms with van der Waals surface area (Å²) in [6.45, 7) is 3.85. The van der Waals surface area contributed by atoms with Crippen LogP contribution in [0.15, 0.2) is 6.20 Å². The lowest BCUT2D eigenvalue weighted by Gasteiger charge is -2.12. The summed E-state index contributed by atoms with van der Waals surface area (Å²) >= 11 is 0. The van der Waals surface area contributed by atoms with Crippen molar-refractivity contribution < 1.29 is 14.7 Å². The first-order valence-corrected chi connectivity index (χ1v) is 5.24. The lowest BCUT2D eigenvalue weighted by Crippen LogP contribution is -2.41. The third-order valence-electron chi connectivity index (χ3n) is 2.23. The van der Waals surface area contributed by atoms with Gasteiger partial charge in [0.2, 0.25) is 0 Å². The number of nitrogens with one attached hydrogen (secondary N) is 3. The van der Waals surface area contributed by atoms with Gasteiger partial charge in [-0.2, -0.15) is 5.10 Å². The Labute approximate surface area is 98.6 Å². The first-order chi connectivity index (χ1) is 7.99. The number of nitrogens with zero attached hydrogens (tertiary/aromatic N) is 1. The minimum Gasteiger partial charge on any atom is -0.481 e. The molecule has 0 aliphatic heterocycles. The fourth-order valence-corrected chi connectivity index (χ4v) is 1.32. The van der Waals surface area contributed by atoms with Crippen molar-refractivity contribution in [2.24, 2.45) is 0 Å². The van der Waals surface area contributed by atoms with Gasteiger partial charge in [0, 0.05) is 23.8 Å². The highest BCUT2D eigenvalue weighted by Gasteiger charge is 2.10. The smallest absolute Gasteiger partial charge is 0.315 e. The molecule has 1 unspecified atom stereocenters. The molecule has 94 valence electrons. The Hall–Kier alpha value is -2.05. The molecule has 1 aromatic heterocycles. The van der Waals surface area contributed by atoms with Crippen molar-refractivity contribution in [2.45, 2.75) is 32.9 Å². The van der Waals surface area contributed by atoms with E-state index in [1.54, 1.807) is 13.1 Å². The number of carboxylic acid groups (broad SMARTS) is 1. The quantitative estimate of drug-likeness (QED) is 0.596. The van der Waals surface area contributed by atoms with Crippen LogP contribution in [0.2, 0.25) is 0 Å². The third kappa shape index (κ3) is 4.54. The topological polar surface area (TPSA) is 107 Å². The highest BCUT2D eigenvalue weighted by Crippen LogP contribution is 2.01. The van der Waals surface area contributed by atoms with E-state index in [1.807, 2.05) is 6.92 Å². The van der Waals surface area contributed by atoms with Crippen molar-refractivity contribution in [3.05, 3.63) is 17.5 Å². The molecule has 17 heavy (non-hydrogen) atoms. The van der Waals surface area contributed by atoms with Crippen molar-refractivity contribution in [3.63, 3.8) is 0 Å². The molecule has 1 heterocycles. The average Bonchev–Trinajstić information content (AvgIpc) is 2.59. The van der Waals surface area contributed by atoms with E-state index >= 15 is 0 Å². The number of aryl methyl sites for hydroxylation is 1. The molecule has 4 N–H and O–H groups in total. The summed E-state index contributed by atoms with van der Waals surface area (Å²) in [5.74, 6) is -0.941. The number of aromatic amines is 1. The van der Waals surface area contributed by atoms with Gasteiger partial charge >= 0.3 is 12.0 Å². The van der Waals surface area contributed by atoms with Gasteiger partial charge in [-0.05, 0) is 13.8 Å². The van der Waals surface area contributed by atoms with Crippen LogP contribution in [0.25, 0.3) is 0 Å². The Balaban J connectivity index is 2.30. The Kier molecular flexibility index (Phi) is 4.50. The van der Waals surface area contributed by atoms with E-state index < -0.39 is 12.0 Å². The number of H-pyrrole nitrogens is 1. The molecule has 2 amide bonds. The molecule has 0 radical (unpaired) electrons. The van der Waals surface area contributed by atoms with Crippen LogP contribution in [-0.4, -0.2) is 33.3 Å². The van der Waals surface area contributed by atoms with Crippen molar-refractivity contribution in [1.29, 1.82) is 0 Å². The van der Waals surface area contributed by atoms with Crippen LogP contribution in [0.4, 0.5) is 4.79 Å². The minimum absolute atomic E-state index is 0.0990. The fraction of sp³-hybridized carbons (Fsp3) is 0.500. The number of hydrogen-bond acceptors (Lipinski definition) is 3. The monoisotopic (exact) mass is 240 g/mol. The van der Waals surface area contributed by atoms with Crippen LogP contribution in [0.5, 0.6) is 0 Å². The zero-order valence-corrected chi connectivity index (χ0v) is 9.78. The van der Waals surface area contributed by atoms with E-state index in [1.165, 1.54) is 0 Å². The van der Waals surface area contributed by atoms with Crippen LogP contribution in [-0.2, 0) is 11.3 Å². The van der Waals surface area contributed by atoms with Gasteiger partial charge in [-0.3, -0.25) is 9.89 Å². The summed E-state index contributed by atoms with van der Waals surface area (Å²) in [7, 11) is 0. The number of aliphatic carboxylic acids is 1. The standard InChI is InChI=1S/C10H16N4O3/c1-6(3-9(15)16)13-10(17)11-4-8-5-12-14-7(8)2/h5-6H,3-4H2,1-2H3,(H,12,14)(H,15,16)(H2,11,13,17). The van der Waals surface area contributed by atoms with Crippen molar-refractivity contribution in [2.75, 3.05) is 0 Å². The molecular weight excluding hydrogens is 224 g/mol. The molecule has 0 fully saturated rings. The number of urea groups is 1. The van der Waals surface area contributed by atoms with Crippen LogP contribution in [0.3, 0.4) is 0 Å². The highest BCUT2D eigenvalue weighted by molar-refractivity contribution is 5.75. The first-order valence-electron chi connectivity index (χ1n) is 5.24. The predicted molar refractivity (Wildman–Crippen MR) is 60.4 cm³/mol. The Morgan fingerprint density at radius 3 is 2.82 bits per heavy atom. The molecule has 0 spiro atoms. The molecule has 0 aliphatic carbocycles. The zero-order valence-electron chi connectivity index (χ0n) is 9.78. The third-order valence-corrected chi connectivity index (χ3v) is 2.23. The highest BCUT2D eigenvalue weighted by atomic mass is 16.4. The number of hydrogen-bond donors (Lipinski definition) is 4. The Bertz CT molecular complexity index is 402. The van der Waals surface area contributed by atoms with Crippen molar-refractivity contribution in [3.8, 4) is 0 Å². The molecule has 1 rings (SSSR count). The summed E-state index contributed by atoms with van der Waals surface area (Å²) < 4.78 is 0. The number of rotatable bonds is 5. The molecule has 1 atom stereocenters. The predicted octanol–water partition coefficient (Wildman–Crippen LogP) is 0.381. The van der Waals surface area contributed by atoms with Gasteiger partial charge in [-0.25, -0.2) is 4.79 Å². The van der Waals surface area contributed by atoms with Crippen molar-refractivity contribution in [1.82, 2.24) is 20.8 Å². The molecule has 0 saturated carbocycles. The van der Waals surface area contributed by atoms with Gasteiger partial charge in [-0.15, -0.1) is 0 Å². The second-order valence-corrected chi connectivity index (χ2v) is 3.85. The van der Waals surface area contributed by atoms with Gasteiger partial charge in [0.1, 0.15) is 0 Å². The molecule has 7 nitrogen and oxygen atoms in total. The fourth-order valence-electron chi connectivity index (χ4n) is 1.32. The van der Waals surface area contributed by atoms with Crippen LogP contribution >= 0.6 is 0 Å². The van der Waals surface area contributed by atoms with E-state index in [2.05, 4.69) is 20.8 Å². The molecule has 1 aromatic rings. The van der Waals surface area contributed by atoms with E-state index in [-0.39, 0.29) is 12.5 Å². The number of carbonyl (C=O) groups is 2. The van der Waals surface area contributed by atoms with Crippen LogP contribution < -0.4 is 10.6 Å². The number of carboxylic acids is 1. The largest absolute Gasteiger partial charge is 0.481 e. The van der Waals surface area contributed by atoms with Crippen LogP contribution in [0.1, 0.15) is 24.6 Å². The normalized spacial score (nSPS) is 11.9. The maximum atomic E-state index is 11.4. The molecule has 7 heteroatoms. The second-order valence-electron chi connectivity index (χ2n) is 3.85. The minimum atomic E-state index is -0.941. The summed E-state index contributed by atoms with van der Waals surface area (Å²) in [5, 5.41) is 20.3. The first kappa shape index (κ1) is 13.0.